The number of anilines is 1. The van der Waals surface area contributed by atoms with E-state index in [1.165, 1.54) is 4.90 Å². The number of benzene rings is 1. The van der Waals surface area contributed by atoms with Crippen molar-refractivity contribution < 1.29 is 14.4 Å². The first-order valence-electron chi connectivity index (χ1n) is 9.40. The lowest BCUT2D eigenvalue weighted by Gasteiger charge is -2.37. The molecule has 26 heavy (non-hydrogen) atoms. The molecule has 0 spiro atoms. The molecule has 2 bridgehead atoms. The SMILES string of the molecule is Cc1cccc(NC(=O)[C@H](C)N2C(=O)[C@@H]3[C@@H]4C=C[C@H]([C@H]5C[C@H]45)[C@@H]3C2=O)c1. The Morgan fingerprint density at radius 1 is 1.12 bits per heavy atom. The Kier molecular flexibility index (Phi) is 3.21. The fourth-order valence-electron chi connectivity index (χ4n) is 5.45. The molecule has 6 rings (SSSR count). The molecule has 1 N–H and O–H groups in total. The Bertz CT molecular complexity index is 825. The summed E-state index contributed by atoms with van der Waals surface area (Å²) in [5.74, 6) is 0.367. The van der Waals surface area contributed by atoms with Crippen LogP contribution in [-0.4, -0.2) is 28.7 Å². The minimum Gasteiger partial charge on any atom is -0.324 e. The van der Waals surface area contributed by atoms with Crippen LogP contribution in [0.3, 0.4) is 0 Å². The van der Waals surface area contributed by atoms with E-state index in [-0.39, 0.29) is 41.4 Å². The molecule has 0 radical (unpaired) electrons. The van der Waals surface area contributed by atoms with Crippen molar-refractivity contribution in [1.82, 2.24) is 4.90 Å². The zero-order chi connectivity index (χ0) is 18.2. The van der Waals surface area contributed by atoms with Gasteiger partial charge in [-0.1, -0.05) is 24.3 Å². The zero-order valence-electron chi connectivity index (χ0n) is 14.9. The van der Waals surface area contributed by atoms with Gasteiger partial charge in [-0.2, -0.15) is 0 Å². The number of hydrogen-bond donors (Lipinski definition) is 1. The number of likely N-dealkylation sites (tertiary alicyclic amines) is 1. The van der Waals surface area contributed by atoms with Gasteiger partial charge in [-0.15, -0.1) is 0 Å². The van der Waals surface area contributed by atoms with Gasteiger partial charge in [0.1, 0.15) is 6.04 Å². The molecule has 1 aliphatic heterocycles. The number of carbonyl (C=O) groups is 3. The molecule has 3 fully saturated rings. The predicted molar refractivity (Wildman–Crippen MR) is 95.8 cm³/mol. The van der Waals surface area contributed by atoms with E-state index in [1.54, 1.807) is 6.92 Å². The first-order valence-corrected chi connectivity index (χ1v) is 9.40. The third-order valence-corrected chi connectivity index (χ3v) is 6.75. The highest BCUT2D eigenvalue weighted by atomic mass is 16.2. The Hall–Kier alpha value is -2.43. The van der Waals surface area contributed by atoms with Crippen LogP contribution in [0.25, 0.3) is 0 Å². The van der Waals surface area contributed by atoms with Crippen LogP contribution in [0.15, 0.2) is 36.4 Å². The third-order valence-electron chi connectivity index (χ3n) is 6.75. The molecular weight excluding hydrogens is 328 g/mol. The van der Waals surface area contributed by atoms with Gasteiger partial charge in [0, 0.05) is 5.69 Å². The Morgan fingerprint density at radius 3 is 2.31 bits per heavy atom. The van der Waals surface area contributed by atoms with E-state index in [2.05, 4.69) is 17.5 Å². The Labute approximate surface area is 152 Å². The third kappa shape index (κ3) is 2.06. The largest absolute Gasteiger partial charge is 0.324 e. The van der Waals surface area contributed by atoms with Gasteiger partial charge in [-0.25, -0.2) is 0 Å². The normalized spacial score (nSPS) is 37.4. The maximum absolute atomic E-state index is 13.0. The maximum Gasteiger partial charge on any atom is 0.247 e. The molecule has 5 aliphatic rings. The fourth-order valence-corrected chi connectivity index (χ4v) is 5.45. The van der Waals surface area contributed by atoms with E-state index in [9.17, 15) is 14.4 Å². The Morgan fingerprint density at radius 2 is 1.73 bits per heavy atom. The van der Waals surface area contributed by atoms with Gasteiger partial charge in [0.25, 0.3) is 0 Å². The monoisotopic (exact) mass is 350 g/mol. The van der Waals surface area contributed by atoms with Crippen LogP contribution >= 0.6 is 0 Å². The van der Waals surface area contributed by atoms with Crippen LogP contribution < -0.4 is 5.32 Å². The topological polar surface area (TPSA) is 66.5 Å². The predicted octanol–water partition coefficient (Wildman–Crippen LogP) is 2.38. The van der Waals surface area contributed by atoms with Crippen molar-refractivity contribution in [3.05, 3.63) is 42.0 Å². The van der Waals surface area contributed by atoms with Crippen LogP contribution in [0.2, 0.25) is 0 Å². The smallest absolute Gasteiger partial charge is 0.247 e. The van der Waals surface area contributed by atoms with Crippen molar-refractivity contribution >= 4 is 23.4 Å². The highest BCUT2D eigenvalue weighted by Gasteiger charge is 2.67. The molecule has 134 valence electrons. The molecular formula is C21H22N2O3. The highest BCUT2D eigenvalue weighted by molar-refractivity contribution is 6.10. The van der Waals surface area contributed by atoms with Gasteiger partial charge in [-0.3, -0.25) is 19.3 Å². The van der Waals surface area contributed by atoms with Crippen LogP contribution in [0.5, 0.6) is 0 Å². The van der Waals surface area contributed by atoms with E-state index in [0.717, 1.165) is 12.0 Å². The number of aryl methyl sites for hydroxylation is 1. The summed E-state index contributed by atoms with van der Waals surface area (Å²) in [4.78, 5) is 40.0. The number of carbonyl (C=O) groups excluding carboxylic acids is 3. The average molecular weight is 350 g/mol. The summed E-state index contributed by atoms with van der Waals surface area (Å²) in [6.07, 6.45) is 5.43. The van der Waals surface area contributed by atoms with Crippen LogP contribution in [-0.2, 0) is 14.4 Å². The second kappa shape index (κ2) is 5.29. The van der Waals surface area contributed by atoms with Crippen LogP contribution in [0, 0.1) is 42.4 Å². The van der Waals surface area contributed by atoms with Crippen molar-refractivity contribution in [3.8, 4) is 0 Å². The summed E-state index contributed by atoms with van der Waals surface area (Å²) >= 11 is 0. The van der Waals surface area contributed by atoms with Crippen molar-refractivity contribution in [3.63, 3.8) is 0 Å². The van der Waals surface area contributed by atoms with Gasteiger partial charge in [0.15, 0.2) is 0 Å². The first-order chi connectivity index (χ1) is 12.5. The second-order valence-electron chi connectivity index (χ2n) is 8.24. The summed E-state index contributed by atoms with van der Waals surface area (Å²) < 4.78 is 0. The number of hydrogen-bond acceptors (Lipinski definition) is 3. The summed E-state index contributed by atoms with van der Waals surface area (Å²) in [5, 5.41) is 2.84. The van der Waals surface area contributed by atoms with Crippen molar-refractivity contribution in [1.29, 1.82) is 0 Å². The van der Waals surface area contributed by atoms with Crippen LogP contribution in [0.4, 0.5) is 5.69 Å². The Balaban J connectivity index is 1.38. The first kappa shape index (κ1) is 15.8. The van der Waals surface area contributed by atoms with Crippen LogP contribution in [0.1, 0.15) is 18.9 Å². The molecule has 7 atom stereocenters. The van der Waals surface area contributed by atoms with Crippen molar-refractivity contribution in [2.75, 3.05) is 5.32 Å². The molecule has 1 heterocycles. The summed E-state index contributed by atoms with van der Waals surface area (Å²) in [5.41, 5.74) is 1.72. The lowest BCUT2D eigenvalue weighted by atomic mass is 9.63. The lowest BCUT2D eigenvalue weighted by molar-refractivity contribution is -0.146. The molecule has 4 aliphatic carbocycles. The average Bonchev–Trinajstić information content (AvgIpc) is 3.39. The number of imide groups is 1. The number of amides is 3. The van der Waals surface area contributed by atoms with E-state index in [0.29, 0.717) is 17.5 Å². The maximum atomic E-state index is 13.0. The molecule has 3 amide bonds. The molecule has 0 aromatic heterocycles. The minimum absolute atomic E-state index is 0.156. The van der Waals surface area contributed by atoms with Gasteiger partial charge in [-0.05, 0) is 61.6 Å². The molecule has 0 unspecified atom stereocenters. The number of allylic oxidation sites excluding steroid dienone is 2. The quantitative estimate of drug-likeness (QED) is 0.672. The van der Waals surface area contributed by atoms with Gasteiger partial charge < -0.3 is 5.32 Å². The second-order valence-corrected chi connectivity index (χ2v) is 8.24. The molecule has 1 aromatic carbocycles. The standard InChI is InChI=1S/C21H22N2O3/c1-10-4-3-5-12(8-10)22-19(24)11(2)23-20(25)17-13-6-7-14(16-9-15(13)16)18(17)21(23)26/h3-8,11,13-18H,9H2,1-2H3,(H,22,24)/t11-,13+,14+,15+,16+,17-,18+/m0/s1. The molecule has 2 saturated carbocycles. The van der Waals surface area contributed by atoms with Crippen molar-refractivity contribution in [2.24, 2.45) is 35.5 Å². The summed E-state index contributed by atoms with van der Waals surface area (Å²) in [6.45, 7) is 3.60. The lowest BCUT2D eigenvalue weighted by Crippen LogP contribution is -2.46. The van der Waals surface area contributed by atoms with Crippen molar-refractivity contribution in [2.45, 2.75) is 26.3 Å². The number of nitrogens with zero attached hydrogens (tertiary/aromatic N) is 1. The van der Waals surface area contributed by atoms with Gasteiger partial charge >= 0.3 is 0 Å². The fraction of sp³-hybridized carbons (Fsp3) is 0.476. The summed E-state index contributed by atoms with van der Waals surface area (Å²) in [6, 6.07) is 6.70. The summed E-state index contributed by atoms with van der Waals surface area (Å²) in [7, 11) is 0. The van der Waals surface area contributed by atoms with E-state index < -0.39 is 6.04 Å². The molecule has 5 heteroatoms. The number of rotatable bonds is 3. The molecule has 1 saturated heterocycles. The van der Waals surface area contributed by atoms with E-state index in [1.807, 2.05) is 31.2 Å². The minimum atomic E-state index is -0.795. The zero-order valence-corrected chi connectivity index (χ0v) is 14.9. The van der Waals surface area contributed by atoms with E-state index >= 15 is 0 Å². The highest BCUT2D eigenvalue weighted by Crippen LogP contribution is 2.65. The van der Waals surface area contributed by atoms with Gasteiger partial charge in [0.2, 0.25) is 17.7 Å². The van der Waals surface area contributed by atoms with E-state index in [4.69, 9.17) is 0 Å². The molecule has 5 nitrogen and oxygen atoms in total. The van der Waals surface area contributed by atoms with Gasteiger partial charge in [0.05, 0.1) is 11.8 Å². The molecule has 1 aromatic rings. The number of nitrogens with one attached hydrogen (secondary N) is 1.